The molecule has 15 N–H and O–H groups in total. The molecule has 0 spiro atoms. The van der Waals surface area contributed by atoms with Gasteiger partial charge in [-0.25, -0.2) is 4.79 Å². The number of phenols is 1. The van der Waals surface area contributed by atoms with Gasteiger partial charge >= 0.3 is 11.9 Å². The van der Waals surface area contributed by atoms with Crippen LogP contribution in [0.1, 0.15) is 53.5 Å². The van der Waals surface area contributed by atoms with Crippen molar-refractivity contribution in [1.82, 2.24) is 42.5 Å². The van der Waals surface area contributed by atoms with Crippen molar-refractivity contribution in [2.75, 3.05) is 11.5 Å². The predicted octanol–water partition coefficient (Wildman–Crippen LogP) is -4.98. The molecule has 26 heteroatoms. The van der Waals surface area contributed by atoms with Gasteiger partial charge in [-0.1, -0.05) is 26.0 Å². The molecule has 11 atom stereocenters. The van der Waals surface area contributed by atoms with Crippen LogP contribution >= 0.6 is 25.3 Å². The molecule has 0 aliphatic heterocycles. The molecule has 0 aliphatic rings. The lowest BCUT2D eigenvalue weighted by molar-refractivity contribution is -0.143. The van der Waals surface area contributed by atoms with Gasteiger partial charge in [0.1, 0.15) is 54.1 Å². The zero-order valence-electron chi connectivity index (χ0n) is 35.9. The molecule has 1 aromatic rings. The van der Waals surface area contributed by atoms with Crippen molar-refractivity contribution >= 4 is 84.5 Å². The Morgan fingerprint density at radius 3 is 1.34 bits per heavy atom. The first kappa shape index (κ1) is 56.3. The number of aliphatic hydroxyl groups excluding tert-OH is 2. The summed E-state index contributed by atoms with van der Waals surface area (Å²) in [5.41, 5.74) is 6.58. The average Bonchev–Trinajstić information content (AvgIpc) is 3.20. The second-order valence-electron chi connectivity index (χ2n) is 15.1. The number of carboxylic acid groups (broad SMARTS) is 2. The van der Waals surface area contributed by atoms with Gasteiger partial charge in [-0.15, -0.1) is 0 Å². The van der Waals surface area contributed by atoms with E-state index in [0.717, 1.165) is 20.8 Å². The number of nitrogens with two attached hydrogens (primary N) is 1. The minimum atomic E-state index is -1.91. The predicted molar refractivity (Wildman–Crippen MR) is 232 cm³/mol. The number of amides is 8. The number of aliphatic carboxylic acids is 2. The molecular weight excluding hydrogens is 887 g/mol. The van der Waals surface area contributed by atoms with Crippen molar-refractivity contribution in [1.29, 1.82) is 0 Å². The number of aliphatic hydroxyl groups is 2. The van der Waals surface area contributed by atoms with E-state index in [4.69, 9.17) is 5.73 Å². The first-order chi connectivity index (χ1) is 29.7. The first-order valence-electron chi connectivity index (χ1n) is 19.7. The van der Waals surface area contributed by atoms with E-state index in [0.29, 0.717) is 5.56 Å². The number of phenolic OH excluding ortho intramolecular Hbond substituents is 1. The molecule has 0 aromatic heterocycles. The van der Waals surface area contributed by atoms with Crippen LogP contribution < -0.4 is 48.3 Å². The maximum absolute atomic E-state index is 13.3. The van der Waals surface area contributed by atoms with Crippen LogP contribution in [0.3, 0.4) is 0 Å². The quantitative estimate of drug-likeness (QED) is 0.0387. The minimum Gasteiger partial charge on any atom is -0.508 e. The Bertz CT molecular complexity index is 1840. The summed E-state index contributed by atoms with van der Waals surface area (Å²) in [5.74, 6) is -12.4. The van der Waals surface area contributed by atoms with Gasteiger partial charge in [0.05, 0.1) is 24.7 Å². The Morgan fingerprint density at radius 2 is 0.906 bits per heavy atom. The topological polar surface area (TPSA) is 394 Å². The monoisotopic (exact) mass is 945 g/mol. The lowest BCUT2D eigenvalue weighted by Gasteiger charge is -2.28. The van der Waals surface area contributed by atoms with Gasteiger partial charge in [0, 0.05) is 11.5 Å². The number of nitrogens with one attached hydrogen (secondary N) is 8. The Hall–Kier alpha value is -5.70. The highest BCUT2D eigenvalue weighted by Gasteiger charge is 2.36. The van der Waals surface area contributed by atoms with E-state index in [1.54, 1.807) is 26.0 Å². The fraction of sp³-hybridized carbons (Fsp3) is 0.579. The van der Waals surface area contributed by atoms with E-state index < -0.39 is 138 Å². The average molecular weight is 946 g/mol. The zero-order valence-corrected chi connectivity index (χ0v) is 37.6. The molecule has 0 radical (unpaired) electrons. The van der Waals surface area contributed by atoms with Crippen LogP contribution in [-0.2, 0) is 54.4 Å². The van der Waals surface area contributed by atoms with Crippen LogP contribution in [-0.4, -0.2) is 163 Å². The first-order valence-corrected chi connectivity index (χ1v) is 21.0. The van der Waals surface area contributed by atoms with Crippen molar-refractivity contribution in [3.8, 4) is 5.75 Å². The molecule has 0 fully saturated rings. The second-order valence-corrected chi connectivity index (χ2v) is 15.8. The number of hydrogen-bond acceptors (Lipinski definition) is 16. The number of thiol groups is 2. The second kappa shape index (κ2) is 26.8. The number of hydrogen-bond donors (Lipinski definition) is 16. The molecule has 11 unspecified atom stereocenters. The standard InChI is InChI=1S/C38H59N9O15S2/c1-15(2)27(38(61)62)45-35(58)25(14-64)44-37(60)29(19(6)49)46-31(54)17(4)41-36(59)28(18(5)48)47-33(56)23(12-26(51)52)42-34(57)24(13-63)43-30(53)16(3)40-32(55)22(39)11-20-7-9-21(50)10-8-20/h7-10,15-19,22-25,27-29,48-50,63-64H,11-14,39H2,1-6H3,(H,40,55)(H,41,59)(H,42,57)(H,43,53)(H,44,60)(H,45,58)(H,46,54)(H,47,56)(H,51,52)(H,61,62). The van der Waals surface area contributed by atoms with Gasteiger partial charge in [0.2, 0.25) is 47.3 Å². The normalized spacial score (nSPS) is 16.2. The Morgan fingerprint density at radius 1 is 0.531 bits per heavy atom. The minimum absolute atomic E-state index is 0.00970. The van der Waals surface area contributed by atoms with Gasteiger partial charge in [-0.05, 0) is 57.7 Å². The van der Waals surface area contributed by atoms with Crippen LogP contribution in [0.25, 0.3) is 0 Å². The van der Waals surface area contributed by atoms with Crippen LogP contribution in [0.15, 0.2) is 24.3 Å². The lowest BCUT2D eigenvalue weighted by atomic mass is 10.0. The fourth-order valence-corrected chi connectivity index (χ4v) is 5.96. The summed E-state index contributed by atoms with van der Waals surface area (Å²) in [6.07, 6.45) is -4.28. The molecule has 0 saturated carbocycles. The third-order valence-electron chi connectivity index (χ3n) is 9.23. The van der Waals surface area contributed by atoms with E-state index in [2.05, 4.69) is 67.8 Å². The van der Waals surface area contributed by atoms with Crippen molar-refractivity contribution in [2.45, 2.75) is 121 Å². The van der Waals surface area contributed by atoms with E-state index in [-0.39, 0.29) is 23.7 Å². The third kappa shape index (κ3) is 18.6. The molecule has 8 amide bonds. The molecule has 1 rings (SSSR count). The van der Waals surface area contributed by atoms with Crippen LogP contribution in [0.2, 0.25) is 0 Å². The molecule has 358 valence electrons. The molecule has 64 heavy (non-hydrogen) atoms. The number of carbonyl (C=O) groups is 10. The van der Waals surface area contributed by atoms with E-state index in [9.17, 15) is 73.5 Å². The largest absolute Gasteiger partial charge is 0.508 e. The zero-order chi connectivity index (χ0) is 49.2. The highest BCUT2D eigenvalue weighted by atomic mass is 32.1. The number of carboxylic acids is 2. The van der Waals surface area contributed by atoms with Gasteiger partial charge in [0.25, 0.3) is 0 Å². The highest BCUT2D eigenvalue weighted by Crippen LogP contribution is 2.11. The van der Waals surface area contributed by atoms with E-state index in [1.807, 2.05) is 0 Å². The van der Waals surface area contributed by atoms with Crippen LogP contribution in [0, 0.1) is 5.92 Å². The van der Waals surface area contributed by atoms with E-state index >= 15 is 0 Å². The number of carbonyl (C=O) groups excluding carboxylic acids is 8. The van der Waals surface area contributed by atoms with Gasteiger partial charge in [-0.2, -0.15) is 25.3 Å². The molecule has 0 heterocycles. The molecular formula is C38H59N9O15S2. The lowest BCUT2D eigenvalue weighted by Crippen LogP contribution is -2.62. The smallest absolute Gasteiger partial charge is 0.326 e. The number of benzene rings is 1. The SMILES string of the molecule is CC(NC(=O)C(N)Cc1ccc(O)cc1)C(=O)NC(CS)C(=O)NC(CC(=O)O)C(=O)NC(C(=O)NC(C)C(=O)NC(C(=O)NC(CS)C(=O)NC(C(=O)O)C(C)C)C(C)O)C(C)O. The van der Waals surface area contributed by atoms with Crippen molar-refractivity contribution in [2.24, 2.45) is 11.7 Å². The Labute approximate surface area is 379 Å². The van der Waals surface area contributed by atoms with Gasteiger partial charge in [-0.3, -0.25) is 43.2 Å². The molecule has 0 aliphatic carbocycles. The molecule has 1 aromatic carbocycles. The number of rotatable bonds is 26. The van der Waals surface area contributed by atoms with Crippen molar-refractivity contribution < 1.29 is 73.5 Å². The number of aromatic hydroxyl groups is 1. The van der Waals surface area contributed by atoms with Gasteiger partial charge in [0.15, 0.2) is 0 Å². The van der Waals surface area contributed by atoms with Crippen LogP contribution in [0.4, 0.5) is 0 Å². The van der Waals surface area contributed by atoms with E-state index in [1.165, 1.54) is 19.1 Å². The Balaban J connectivity index is 3.00. The maximum atomic E-state index is 13.3. The highest BCUT2D eigenvalue weighted by molar-refractivity contribution is 7.80. The molecule has 24 nitrogen and oxygen atoms in total. The summed E-state index contributed by atoms with van der Waals surface area (Å²) in [5, 5.41) is 66.9. The fourth-order valence-electron chi connectivity index (χ4n) is 5.45. The summed E-state index contributed by atoms with van der Waals surface area (Å²) in [6.45, 7) is 7.70. The maximum Gasteiger partial charge on any atom is 0.326 e. The van der Waals surface area contributed by atoms with Crippen molar-refractivity contribution in [3.05, 3.63) is 29.8 Å². The molecule has 0 bridgehead atoms. The third-order valence-corrected chi connectivity index (χ3v) is 9.96. The van der Waals surface area contributed by atoms with Crippen molar-refractivity contribution in [3.63, 3.8) is 0 Å². The van der Waals surface area contributed by atoms with Gasteiger partial charge < -0.3 is 73.8 Å². The summed E-state index contributed by atoms with van der Waals surface area (Å²) < 4.78 is 0. The summed E-state index contributed by atoms with van der Waals surface area (Å²) in [4.78, 5) is 128. The Kier molecular flexibility index (Phi) is 23.6. The molecule has 0 saturated heterocycles. The summed E-state index contributed by atoms with van der Waals surface area (Å²) in [6, 6.07) is -7.70. The summed E-state index contributed by atoms with van der Waals surface area (Å²) in [7, 11) is 0. The summed E-state index contributed by atoms with van der Waals surface area (Å²) >= 11 is 8.07. The van der Waals surface area contributed by atoms with Crippen LogP contribution in [0.5, 0.6) is 5.75 Å².